The Morgan fingerprint density at radius 2 is 2.19 bits per heavy atom. The third-order valence-electron chi connectivity index (χ3n) is 2.05. The number of rotatable bonds is 5. The molecule has 0 radical (unpaired) electrons. The lowest BCUT2D eigenvalue weighted by molar-refractivity contribution is 0.600. The van der Waals surface area contributed by atoms with Crippen LogP contribution >= 0.6 is 0 Å². The first-order valence-electron chi connectivity index (χ1n) is 4.99. The third-order valence-corrected chi connectivity index (χ3v) is 3.08. The van der Waals surface area contributed by atoms with Crippen molar-refractivity contribution in [2.24, 2.45) is 0 Å². The molecule has 0 fully saturated rings. The Kier molecular flexibility index (Phi) is 4.39. The molecule has 86 valence electrons. The zero-order valence-corrected chi connectivity index (χ0v) is 10.0. The number of hydrogen-bond acceptors (Lipinski definition) is 3. The van der Waals surface area contributed by atoms with Crippen LogP contribution in [0.4, 0.5) is 5.69 Å². The maximum atomic E-state index is 10.9. The maximum absolute atomic E-state index is 10.9. The summed E-state index contributed by atoms with van der Waals surface area (Å²) in [5.41, 5.74) is 1.73. The lowest BCUT2D eigenvalue weighted by atomic mass is 10.2. The van der Waals surface area contributed by atoms with Crippen molar-refractivity contribution in [2.75, 3.05) is 23.9 Å². The second-order valence-electron chi connectivity index (χ2n) is 3.64. The minimum atomic E-state index is -2.86. The average Bonchev–Trinajstić information content (AvgIpc) is 2.23. The van der Waals surface area contributed by atoms with Gasteiger partial charge < -0.3 is 5.32 Å². The predicted molar refractivity (Wildman–Crippen MR) is 67.2 cm³/mol. The summed E-state index contributed by atoms with van der Waals surface area (Å²) in [5, 5.41) is 3.13. The minimum Gasteiger partial charge on any atom is -0.385 e. The third kappa shape index (κ3) is 4.85. The molecule has 3 nitrogen and oxygen atoms in total. The van der Waals surface area contributed by atoms with Crippen LogP contribution in [0.1, 0.15) is 12.0 Å². The van der Waals surface area contributed by atoms with Gasteiger partial charge >= 0.3 is 0 Å². The highest BCUT2D eigenvalue weighted by atomic mass is 32.2. The Morgan fingerprint density at radius 3 is 2.81 bits per heavy atom. The van der Waals surface area contributed by atoms with E-state index in [-0.39, 0.29) is 5.75 Å². The SMILES string of the molecule is C#Cc1cccc(NCCCS(C)(=O)=O)c1. The van der Waals surface area contributed by atoms with Crippen molar-refractivity contribution in [1.82, 2.24) is 0 Å². The second kappa shape index (κ2) is 5.57. The first-order chi connectivity index (χ1) is 7.51. The smallest absolute Gasteiger partial charge is 0.147 e. The van der Waals surface area contributed by atoms with E-state index >= 15 is 0 Å². The van der Waals surface area contributed by atoms with Crippen LogP contribution in [0.5, 0.6) is 0 Å². The fourth-order valence-electron chi connectivity index (χ4n) is 1.29. The Bertz CT molecular complexity index is 486. The quantitative estimate of drug-likeness (QED) is 0.624. The van der Waals surface area contributed by atoms with Crippen LogP contribution in [-0.2, 0) is 9.84 Å². The molecular formula is C12H15NO2S. The van der Waals surface area contributed by atoms with Crippen molar-refractivity contribution in [2.45, 2.75) is 6.42 Å². The molecule has 0 spiro atoms. The molecule has 0 saturated heterocycles. The number of sulfone groups is 1. The average molecular weight is 237 g/mol. The molecule has 0 amide bonds. The van der Waals surface area contributed by atoms with Crippen LogP contribution in [0.2, 0.25) is 0 Å². The summed E-state index contributed by atoms with van der Waals surface area (Å²) in [7, 11) is -2.86. The Labute approximate surface area is 96.8 Å². The van der Waals surface area contributed by atoms with E-state index in [1.165, 1.54) is 6.26 Å². The number of terminal acetylenes is 1. The van der Waals surface area contributed by atoms with Gasteiger partial charge in [-0.2, -0.15) is 0 Å². The summed E-state index contributed by atoms with van der Waals surface area (Å²) in [6.45, 7) is 0.626. The van der Waals surface area contributed by atoms with Crippen molar-refractivity contribution in [3.63, 3.8) is 0 Å². The summed E-state index contributed by atoms with van der Waals surface area (Å²) in [4.78, 5) is 0. The van der Waals surface area contributed by atoms with Crippen LogP contribution in [0, 0.1) is 12.3 Å². The number of hydrogen-bond donors (Lipinski definition) is 1. The van der Waals surface area contributed by atoms with Gasteiger partial charge in [0.15, 0.2) is 0 Å². The molecule has 0 heterocycles. The topological polar surface area (TPSA) is 46.2 Å². The van der Waals surface area contributed by atoms with Crippen molar-refractivity contribution in [3.05, 3.63) is 29.8 Å². The molecule has 0 aliphatic rings. The largest absolute Gasteiger partial charge is 0.385 e. The Morgan fingerprint density at radius 1 is 1.44 bits per heavy atom. The van der Waals surface area contributed by atoms with E-state index in [2.05, 4.69) is 11.2 Å². The second-order valence-corrected chi connectivity index (χ2v) is 5.90. The summed E-state index contributed by atoms with van der Waals surface area (Å²) >= 11 is 0. The van der Waals surface area contributed by atoms with Crippen LogP contribution in [-0.4, -0.2) is 27.0 Å². The van der Waals surface area contributed by atoms with Crippen LogP contribution in [0.25, 0.3) is 0 Å². The molecule has 0 aliphatic carbocycles. The molecule has 0 aromatic heterocycles. The van der Waals surface area contributed by atoms with E-state index in [9.17, 15) is 8.42 Å². The van der Waals surface area contributed by atoms with E-state index in [1.54, 1.807) is 0 Å². The zero-order chi connectivity index (χ0) is 12.0. The van der Waals surface area contributed by atoms with E-state index in [0.717, 1.165) is 11.3 Å². The van der Waals surface area contributed by atoms with E-state index in [4.69, 9.17) is 6.42 Å². The molecule has 1 N–H and O–H groups in total. The summed E-state index contributed by atoms with van der Waals surface area (Å²) in [6, 6.07) is 7.48. The van der Waals surface area contributed by atoms with Crippen LogP contribution in [0.15, 0.2) is 24.3 Å². The molecule has 0 unspecified atom stereocenters. The predicted octanol–water partition coefficient (Wildman–Crippen LogP) is 1.51. The van der Waals surface area contributed by atoms with Gasteiger partial charge in [0.05, 0.1) is 5.75 Å². The molecule has 1 rings (SSSR count). The van der Waals surface area contributed by atoms with Crippen molar-refractivity contribution in [1.29, 1.82) is 0 Å². The minimum absolute atomic E-state index is 0.203. The first-order valence-corrected chi connectivity index (χ1v) is 7.05. The van der Waals surface area contributed by atoms with Crippen molar-refractivity contribution < 1.29 is 8.42 Å². The highest BCUT2D eigenvalue weighted by Gasteiger charge is 2.00. The Hall–Kier alpha value is -1.47. The molecule has 0 bridgehead atoms. The summed E-state index contributed by atoms with van der Waals surface area (Å²) in [6.07, 6.45) is 7.11. The van der Waals surface area contributed by atoms with Gasteiger partial charge in [0.1, 0.15) is 9.84 Å². The van der Waals surface area contributed by atoms with Gasteiger partial charge in [0.25, 0.3) is 0 Å². The molecule has 1 aromatic carbocycles. The zero-order valence-electron chi connectivity index (χ0n) is 9.23. The standard InChI is InChI=1S/C12H15NO2S/c1-3-11-6-4-7-12(10-11)13-8-5-9-16(2,14)15/h1,4,6-7,10,13H,5,8-9H2,2H3. The molecule has 16 heavy (non-hydrogen) atoms. The summed E-state index contributed by atoms with van der Waals surface area (Å²) < 4.78 is 21.8. The van der Waals surface area contributed by atoms with E-state index in [0.29, 0.717) is 13.0 Å². The molecule has 0 atom stereocenters. The van der Waals surface area contributed by atoms with Crippen LogP contribution < -0.4 is 5.32 Å². The van der Waals surface area contributed by atoms with Gasteiger partial charge in [0, 0.05) is 24.1 Å². The fourth-order valence-corrected chi connectivity index (χ4v) is 1.95. The Balaban J connectivity index is 2.41. The van der Waals surface area contributed by atoms with Gasteiger partial charge in [0.2, 0.25) is 0 Å². The lowest BCUT2D eigenvalue weighted by Gasteiger charge is -2.05. The molecule has 0 saturated carbocycles. The lowest BCUT2D eigenvalue weighted by Crippen LogP contribution is -2.09. The van der Waals surface area contributed by atoms with Crippen LogP contribution in [0.3, 0.4) is 0 Å². The monoisotopic (exact) mass is 237 g/mol. The molecule has 1 aromatic rings. The number of nitrogens with one attached hydrogen (secondary N) is 1. The van der Waals surface area contributed by atoms with Crippen molar-refractivity contribution in [3.8, 4) is 12.3 Å². The molecular weight excluding hydrogens is 222 g/mol. The van der Waals surface area contributed by atoms with Gasteiger partial charge in [-0.3, -0.25) is 0 Å². The molecule has 0 aliphatic heterocycles. The van der Waals surface area contributed by atoms with Gasteiger partial charge in [-0.25, -0.2) is 8.42 Å². The molecule has 4 heteroatoms. The van der Waals surface area contributed by atoms with Gasteiger partial charge in [-0.1, -0.05) is 12.0 Å². The fraction of sp³-hybridized carbons (Fsp3) is 0.333. The summed E-state index contributed by atoms with van der Waals surface area (Å²) in [5.74, 6) is 2.75. The van der Waals surface area contributed by atoms with Gasteiger partial charge in [-0.15, -0.1) is 6.42 Å². The maximum Gasteiger partial charge on any atom is 0.147 e. The number of anilines is 1. The normalized spacial score (nSPS) is 10.8. The van der Waals surface area contributed by atoms with Crippen molar-refractivity contribution >= 4 is 15.5 Å². The van der Waals surface area contributed by atoms with Gasteiger partial charge in [-0.05, 0) is 24.6 Å². The highest BCUT2D eigenvalue weighted by Crippen LogP contribution is 2.09. The highest BCUT2D eigenvalue weighted by molar-refractivity contribution is 7.90. The van der Waals surface area contributed by atoms with E-state index < -0.39 is 9.84 Å². The number of benzene rings is 1. The van der Waals surface area contributed by atoms with E-state index in [1.807, 2.05) is 24.3 Å². The first kappa shape index (κ1) is 12.6.